The Balaban J connectivity index is 2.14. The molecule has 0 atom stereocenters. The second kappa shape index (κ2) is 5.68. The summed E-state index contributed by atoms with van der Waals surface area (Å²) in [6.07, 6.45) is 0. The molecule has 0 bridgehead atoms. The van der Waals surface area contributed by atoms with Crippen LogP contribution in [-0.4, -0.2) is 9.13 Å². The highest BCUT2D eigenvalue weighted by Crippen LogP contribution is 2.26. The molecule has 24 heavy (non-hydrogen) atoms. The van der Waals surface area contributed by atoms with Gasteiger partial charge < -0.3 is 0 Å². The highest BCUT2D eigenvalue weighted by atomic mass is 16.1. The molecular weight excluding hydrogens is 298 g/mol. The van der Waals surface area contributed by atoms with E-state index in [4.69, 9.17) is 5.26 Å². The zero-order valence-corrected chi connectivity index (χ0v) is 14.5. The maximum absolute atomic E-state index is 12.6. The van der Waals surface area contributed by atoms with Gasteiger partial charge in [-0.15, -0.1) is 0 Å². The van der Waals surface area contributed by atoms with Crippen LogP contribution in [-0.2, 0) is 13.6 Å². The Labute approximate surface area is 141 Å². The molecule has 0 unspecified atom stereocenters. The number of fused-ring (bicyclic) bond motifs is 1. The van der Waals surface area contributed by atoms with Crippen LogP contribution >= 0.6 is 0 Å². The summed E-state index contributed by atoms with van der Waals surface area (Å²) in [5.74, 6) is 0. The molecule has 0 N–H and O–H groups in total. The lowest BCUT2D eigenvalue weighted by Crippen LogP contribution is -2.27. The van der Waals surface area contributed by atoms with Crippen molar-refractivity contribution < 1.29 is 0 Å². The SMILES string of the molecule is Cn1c(=O)n(CC(C)(C)C)c2ccc(-c3ccc(C#N)cc3)cc21. The lowest BCUT2D eigenvalue weighted by Gasteiger charge is -2.18. The number of nitriles is 1. The standard InChI is InChI=1S/C20H21N3O/c1-20(2,3)13-23-17-10-9-16(11-18(17)22(4)19(23)24)15-7-5-14(12-21)6-8-15/h5-11H,13H2,1-4H3. The molecule has 1 heterocycles. The van der Waals surface area contributed by atoms with Gasteiger partial charge in [-0.25, -0.2) is 4.79 Å². The van der Waals surface area contributed by atoms with E-state index < -0.39 is 0 Å². The summed E-state index contributed by atoms with van der Waals surface area (Å²) >= 11 is 0. The first-order chi connectivity index (χ1) is 11.3. The molecule has 0 saturated carbocycles. The monoisotopic (exact) mass is 319 g/mol. The largest absolute Gasteiger partial charge is 0.328 e. The van der Waals surface area contributed by atoms with Gasteiger partial charge in [-0.2, -0.15) is 5.26 Å². The molecule has 3 rings (SSSR count). The Morgan fingerprint density at radius 3 is 2.21 bits per heavy atom. The number of rotatable bonds is 2. The molecule has 0 amide bonds. The Morgan fingerprint density at radius 2 is 1.62 bits per heavy atom. The molecule has 2 aromatic carbocycles. The van der Waals surface area contributed by atoms with Gasteiger partial charge in [-0.3, -0.25) is 9.13 Å². The second-order valence-electron chi connectivity index (χ2n) is 7.38. The van der Waals surface area contributed by atoms with Crippen LogP contribution in [0.1, 0.15) is 26.3 Å². The molecule has 4 heteroatoms. The maximum atomic E-state index is 12.6. The fourth-order valence-electron chi connectivity index (χ4n) is 2.95. The average molecular weight is 319 g/mol. The molecule has 1 aromatic heterocycles. The van der Waals surface area contributed by atoms with E-state index in [1.807, 2.05) is 54.1 Å². The number of benzene rings is 2. The molecule has 0 fully saturated rings. The van der Waals surface area contributed by atoms with Crippen molar-refractivity contribution >= 4 is 11.0 Å². The minimum absolute atomic E-state index is 0.0110. The summed E-state index contributed by atoms with van der Waals surface area (Å²) in [5, 5.41) is 8.91. The van der Waals surface area contributed by atoms with Gasteiger partial charge in [0.25, 0.3) is 0 Å². The number of aromatic nitrogens is 2. The van der Waals surface area contributed by atoms with Crippen molar-refractivity contribution in [1.29, 1.82) is 5.26 Å². The van der Waals surface area contributed by atoms with E-state index >= 15 is 0 Å². The lowest BCUT2D eigenvalue weighted by molar-refractivity contribution is 0.342. The zero-order valence-electron chi connectivity index (χ0n) is 14.5. The third kappa shape index (κ3) is 2.85. The summed E-state index contributed by atoms with van der Waals surface area (Å²) in [5.41, 5.74) is 4.63. The van der Waals surface area contributed by atoms with Crippen LogP contribution in [0.5, 0.6) is 0 Å². The molecule has 0 spiro atoms. The number of hydrogen-bond acceptors (Lipinski definition) is 2. The number of hydrogen-bond donors (Lipinski definition) is 0. The Kier molecular flexibility index (Phi) is 3.81. The minimum atomic E-state index is 0.0110. The Hall–Kier alpha value is -2.80. The van der Waals surface area contributed by atoms with Crippen molar-refractivity contribution in [3.05, 3.63) is 58.5 Å². The van der Waals surface area contributed by atoms with Crippen molar-refractivity contribution in [3.63, 3.8) is 0 Å². The van der Waals surface area contributed by atoms with Crippen molar-refractivity contribution in [2.45, 2.75) is 27.3 Å². The fourth-order valence-corrected chi connectivity index (χ4v) is 2.95. The number of aryl methyl sites for hydroxylation is 1. The van der Waals surface area contributed by atoms with Gasteiger partial charge in [0.2, 0.25) is 0 Å². The van der Waals surface area contributed by atoms with Gasteiger partial charge in [0.05, 0.1) is 22.7 Å². The quantitative estimate of drug-likeness (QED) is 0.718. The molecule has 0 aliphatic heterocycles. The summed E-state index contributed by atoms with van der Waals surface area (Å²) < 4.78 is 3.55. The first kappa shape index (κ1) is 16.1. The van der Waals surface area contributed by atoms with Crippen molar-refractivity contribution in [3.8, 4) is 17.2 Å². The van der Waals surface area contributed by atoms with E-state index in [-0.39, 0.29) is 11.1 Å². The first-order valence-corrected chi connectivity index (χ1v) is 8.00. The third-order valence-corrected chi connectivity index (χ3v) is 4.13. The Morgan fingerprint density at radius 1 is 1.00 bits per heavy atom. The van der Waals surface area contributed by atoms with Crippen molar-refractivity contribution in [2.24, 2.45) is 12.5 Å². The normalized spacial score (nSPS) is 11.6. The van der Waals surface area contributed by atoms with E-state index in [1.165, 1.54) is 0 Å². The second-order valence-corrected chi connectivity index (χ2v) is 7.38. The predicted octanol–water partition coefficient (Wildman–Crippen LogP) is 3.92. The molecule has 122 valence electrons. The minimum Gasteiger partial charge on any atom is -0.295 e. The van der Waals surface area contributed by atoms with Gasteiger partial charge in [0, 0.05) is 13.6 Å². The van der Waals surface area contributed by atoms with Crippen molar-refractivity contribution in [1.82, 2.24) is 9.13 Å². The van der Waals surface area contributed by atoms with Gasteiger partial charge in [0.15, 0.2) is 0 Å². The molecule has 0 aliphatic carbocycles. The maximum Gasteiger partial charge on any atom is 0.328 e. The van der Waals surface area contributed by atoms with E-state index in [2.05, 4.69) is 26.8 Å². The Bertz CT molecular complexity index is 993. The van der Waals surface area contributed by atoms with Crippen LogP contribution in [0.3, 0.4) is 0 Å². The van der Waals surface area contributed by atoms with Crippen molar-refractivity contribution in [2.75, 3.05) is 0 Å². The van der Waals surface area contributed by atoms with Crippen LogP contribution in [0.2, 0.25) is 0 Å². The summed E-state index contributed by atoms with van der Waals surface area (Å²) in [4.78, 5) is 12.6. The number of nitrogens with zero attached hydrogens (tertiary/aromatic N) is 3. The third-order valence-electron chi connectivity index (χ3n) is 4.13. The van der Waals surface area contributed by atoms with E-state index in [0.29, 0.717) is 12.1 Å². The van der Waals surface area contributed by atoms with E-state index in [0.717, 1.165) is 22.2 Å². The van der Waals surface area contributed by atoms with Crippen LogP contribution in [0.15, 0.2) is 47.3 Å². The average Bonchev–Trinajstić information content (AvgIpc) is 2.78. The zero-order chi connectivity index (χ0) is 17.5. The van der Waals surface area contributed by atoms with Gasteiger partial charge in [-0.1, -0.05) is 39.0 Å². The molecule has 0 radical (unpaired) electrons. The van der Waals surface area contributed by atoms with Gasteiger partial charge >= 0.3 is 5.69 Å². The predicted molar refractivity (Wildman–Crippen MR) is 96.8 cm³/mol. The van der Waals surface area contributed by atoms with Crippen LogP contribution in [0.25, 0.3) is 22.2 Å². The summed E-state index contributed by atoms with van der Waals surface area (Å²) in [7, 11) is 1.81. The molecule has 4 nitrogen and oxygen atoms in total. The van der Waals surface area contributed by atoms with Gasteiger partial charge in [-0.05, 0) is 40.8 Å². The van der Waals surface area contributed by atoms with Crippen LogP contribution in [0.4, 0.5) is 0 Å². The van der Waals surface area contributed by atoms with E-state index in [1.54, 1.807) is 4.57 Å². The van der Waals surface area contributed by atoms with E-state index in [9.17, 15) is 4.79 Å². The first-order valence-electron chi connectivity index (χ1n) is 8.00. The number of imidazole rings is 1. The molecule has 3 aromatic rings. The lowest BCUT2D eigenvalue weighted by atomic mass is 9.97. The summed E-state index contributed by atoms with van der Waals surface area (Å²) in [6.45, 7) is 7.07. The smallest absolute Gasteiger partial charge is 0.295 e. The highest BCUT2D eigenvalue weighted by Gasteiger charge is 2.17. The molecular formula is C20H21N3O. The fraction of sp³-hybridized carbons (Fsp3) is 0.300. The van der Waals surface area contributed by atoms with Gasteiger partial charge in [0.1, 0.15) is 0 Å². The molecule has 0 saturated heterocycles. The molecule has 0 aliphatic rings. The van der Waals surface area contributed by atoms with Crippen LogP contribution < -0.4 is 5.69 Å². The topological polar surface area (TPSA) is 50.7 Å². The highest BCUT2D eigenvalue weighted by molar-refractivity contribution is 5.82. The summed E-state index contributed by atoms with van der Waals surface area (Å²) in [6, 6.07) is 15.7. The van der Waals surface area contributed by atoms with Crippen LogP contribution in [0, 0.1) is 16.7 Å².